The van der Waals surface area contributed by atoms with Crippen molar-refractivity contribution in [2.45, 2.75) is 0 Å². The Morgan fingerprint density at radius 3 is 3.05 bits per heavy atom. The van der Waals surface area contributed by atoms with Crippen molar-refractivity contribution < 1.29 is 0 Å². The molecule has 0 radical (unpaired) electrons. The summed E-state index contributed by atoms with van der Waals surface area (Å²) in [5.74, 6) is 0. The van der Waals surface area contributed by atoms with E-state index in [1.54, 1.807) is 31.4 Å². The predicted octanol–water partition coefficient (Wildman–Crippen LogP) is 1.90. The number of thioether (sulfide) groups is 1. The first kappa shape index (κ1) is 13.1. The third-order valence-corrected chi connectivity index (χ3v) is 3.10. The molecule has 1 aromatic heterocycles. The number of nitrogens with one attached hydrogen (secondary N) is 1. The smallest absolute Gasteiger partial charge is 0.274 e. The Hall–Kier alpha value is -2.33. The fourth-order valence-corrected chi connectivity index (χ4v) is 1.95. The van der Waals surface area contributed by atoms with Gasteiger partial charge in [0.15, 0.2) is 0 Å². The summed E-state index contributed by atoms with van der Waals surface area (Å²) < 4.78 is 1.29. The summed E-state index contributed by atoms with van der Waals surface area (Å²) in [4.78, 5) is 14.8. The van der Waals surface area contributed by atoms with Crippen LogP contribution in [-0.4, -0.2) is 21.2 Å². The molecule has 0 aliphatic heterocycles. The average Bonchev–Trinajstić information content (AvgIpc) is 2.42. The molecule has 7 heteroatoms. The van der Waals surface area contributed by atoms with E-state index in [0.717, 1.165) is 11.1 Å². The minimum absolute atomic E-state index is 0.135. The van der Waals surface area contributed by atoms with Crippen molar-refractivity contribution in [3.05, 3.63) is 46.3 Å². The first-order chi connectivity index (χ1) is 9.15. The number of fused-ring (bicyclic) bond motifs is 1. The highest BCUT2D eigenvalue weighted by atomic mass is 32.2. The van der Waals surface area contributed by atoms with Crippen LogP contribution >= 0.6 is 11.8 Å². The molecule has 0 saturated carbocycles. The zero-order chi connectivity index (χ0) is 13.8. The summed E-state index contributed by atoms with van der Waals surface area (Å²) in [6, 6.07) is 5.32. The number of aryl methyl sites for hydroxylation is 1. The van der Waals surface area contributed by atoms with Crippen LogP contribution in [0, 0.1) is 6.57 Å². The average molecular weight is 273 g/mol. The lowest BCUT2D eigenvalue weighted by Gasteiger charge is -2.06. The van der Waals surface area contributed by atoms with Crippen LogP contribution in [-0.2, 0) is 7.05 Å². The van der Waals surface area contributed by atoms with Gasteiger partial charge in [-0.1, -0.05) is 11.8 Å². The molecule has 1 N–H and O–H groups in total. The number of amidine groups is 1. The highest BCUT2D eigenvalue weighted by Gasteiger charge is 2.05. The first-order valence-electron chi connectivity index (χ1n) is 5.37. The minimum Gasteiger partial charge on any atom is -0.329 e. The maximum absolute atomic E-state index is 11.8. The van der Waals surface area contributed by atoms with Crippen LogP contribution in [0.3, 0.4) is 0 Å². The summed E-state index contributed by atoms with van der Waals surface area (Å²) in [7, 11) is 1.61. The van der Waals surface area contributed by atoms with E-state index in [-0.39, 0.29) is 5.56 Å². The second kappa shape index (κ2) is 5.54. The lowest BCUT2D eigenvalue weighted by atomic mass is 10.2. The van der Waals surface area contributed by atoms with Gasteiger partial charge in [-0.05, 0) is 24.5 Å². The van der Waals surface area contributed by atoms with Gasteiger partial charge in [0, 0.05) is 18.1 Å². The van der Waals surface area contributed by atoms with Crippen LogP contribution in [0.1, 0.15) is 0 Å². The quantitative estimate of drug-likeness (QED) is 0.373. The second-order valence-electron chi connectivity index (χ2n) is 3.71. The molecule has 96 valence electrons. The molecule has 0 aliphatic rings. The Morgan fingerprint density at radius 2 is 2.37 bits per heavy atom. The van der Waals surface area contributed by atoms with Crippen molar-refractivity contribution in [3.63, 3.8) is 0 Å². The summed E-state index contributed by atoms with van der Waals surface area (Å²) in [6.07, 6.45) is 3.46. The molecule has 0 fully saturated rings. The Bertz CT molecular complexity index is 744. The molecule has 0 bridgehead atoms. The third kappa shape index (κ3) is 2.74. The normalized spacial score (nSPS) is 11.3. The zero-order valence-corrected chi connectivity index (χ0v) is 11.2. The van der Waals surface area contributed by atoms with Crippen LogP contribution in [0.15, 0.2) is 34.3 Å². The first-order valence-corrected chi connectivity index (χ1v) is 6.59. The number of rotatable bonds is 1. The largest absolute Gasteiger partial charge is 0.329 e. The molecule has 0 saturated heterocycles. The van der Waals surface area contributed by atoms with E-state index in [2.05, 4.69) is 20.5 Å². The summed E-state index contributed by atoms with van der Waals surface area (Å²) >= 11 is 1.34. The second-order valence-corrected chi connectivity index (χ2v) is 4.50. The van der Waals surface area contributed by atoms with Gasteiger partial charge < -0.3 is 5.32 Å². The van der Waals surface area contributed by atoms with Crippen LogP contribution < -0.4 is 10.9 Å². The summed E-state index contributed by atoms with van der Waals surface area (Å²) in [6.45, 7) is 6.72. The Kier molecular flexibility index (Phi) is 3.82. The van der Waals surface area contributed by atoms with Crippen molar-refractivity contribution in [3.8, 4) is 0 Å². The molecule has 1 heterocycles. The van der Waals surface area contributed by atoms with E-state index >= 15 is 0 Å². The van der Waals surface area contributed by atoms with Gasteiger partial charge in [-0.2, -0.15) is 11.7 Å². The van der Waals surface area contributed by atoms with Crippen LogP contribution in [0.4, 0.5) is 5.69 Å². The maximum atomic E-state index is 11.8. The van der Waals surface area contributed by atoms with Gasteiger partial charge in [0.2, 0.25) is 5.17 Å². The van der Waals surface area contributed by atoms with E-state index in [1.807, 2.05) is 6.26 Å². The lowest BCUT2D eigenvalue weighted by molar-refractivity contribution is 0.718. The standard InChI is InChI=1S/C12H11N5OS/c1-13-16-12(19-3)15-9-4-5-10-8(6-9)7-14-17(2)11(10)18/h4-7H,2-3H3,(H,15,16). The monoisotopic (exact) mass is 273 g/mol. The molecule has 2 rings (SSSR count). The third-order valence-electron chi connectivity index (χ3n) is 2.53. The summed E-state index contributed by atoms with van der Waals surface area (Å²) in [5.41, 5.74) is 0.628. The molecule has 1 aromatic carbocycles. The highest BCUT2D eigenvalue weighted by Crippen LogP contribution is 2.17. The lowest BCUT2D eigenvalue weighted by Crippen LogP contribution is -2.19. The Balaban J connectivity index is 2.44. The number of hydrogen-bond acceptors (Lipinski definition) is 4. The van der Waals surface area contributed by atoms with Crippen molar-refractivity contribution in [2.24, 2.45) is 12.1 Å². The maximum Gasteiger partial charge on any atom is 0.274 e. The molecule has 2 aromatic rings. The number of anilines is 1. The molecular weight excluding hydrogens is 262 g/mol. The number of nitrogens with zero attached hydrogens (tertiary/aromatic N) is 4. The van der Waals surface area contributed by atoms with E-state index in [9.17, 15) is 4.79 Å². The minimum atomic E-state index is -0.135. The molecule has 0 unspecified atom stereocenters. The number of benzene rings is 1. The predicted molar refractivity (Wildman–Crippen MR) is 78.2 cm³/mol. The van der Waals surface area contributed by atoms with Crippen molar-refractivity contribution in [2.75, 3.05) is 11.6 Å². The highest BCUT2D eigenvalue weighted by molar-refractivity contribution is 8.13. The molecule has 0 amide bonds. The fraction of sp³-hybridized carbons (Fsp3) is 0.167. The van der Waals surface area contributed by atoms with Crippen LogP contribution in [0.5, 0.6) is 0 Å². The Labute approximate surface area is 113 Å². The number of aromatic nitrogens is 2. The van der Waals surface area contributed by atoms with Crippen molar-refractivity contribution in [1.82, 2.24) is 9.78 Å². The zero-order valence-electron chi connectivity index (χ0n) is 10.4. The van der Waals surface area contributed by atoms with Crippen LogP contribution in [0.2, 0.25) is 0 Å². The van der Waals surface area contributed by atoms with Crippen molar-refractivity contribution in [1.29, 1.82) is 0 Å². The van der Waals surface area contributed by atoms with E-state index in [4.69, 9.17) is 6.57 Å². The molecular formula is C12H11N5OS. The topological polar surface area (TPSA) is 63.6 Å². The van der Waals surface area contributed by atoms with E-state index in [0.29, 0.717) is 10.6 Å². The summed E-state index contributed by atoms with van der Waals surface area (Å²) in [5, 5.41) is 12.5. The van der Waals surface area contributed by atoms with Gasteiger partial charge >= 0.3 is 0 Å². The van der Waals surface area contributed by atoms with Gasteiger partial charge in [0.1, 0.15) is 5.10 Å². The van der Waals surface area contributed by atoms with E-state index < -0.39 is 0 Å². The molecule has 0 aliphatic carbocycles. The van der Waals surface area contributed by atoms with Gasteiger partial charge in [0.05, 0.1) is 11.6 Å². The molecule has 6 nitrogen and oxygen atoms in total. The van der Waals surface area contributed by atoms with Gasteiger partial charge in [0.25, 0.3) is 5.56 Å². The van der Waals surface area contributed by atoms with Gasteiger partial charge in [-0.3, -0.25) is 4.79 Å². The SMILES string of the molecule is [C-]#[N+]N=C(Nc1ccc2c(=O)n(C)ncc2c1)SC. The molecule has 0 spiro atoms. The Morgan fingerprint density at radius 1 is 1.58 bits per heavy atom. The van der Waals surface area contributed by atoms with Crippen molar-refractivity contribution >= 4 is 33.4 Å². The van der Waals surface area contributed by atoms with Crippen LogP contribution in [0.25, 0.3) is 15.7 Å². The van der Waals surface area contributed by atoms with Gasteiger partial charge in [-0.15, -0.1) is 4.95 Å². The number of hydrogen-bond donors (Lipinski definition) is 1. The molecule has 19 heavy (non-hydrogen) atoms. The fourth-order valence-electron chi connectivity index (χ4n) is 1.60. The van der Waals surface area contributed by atoms with Gasteiger partial charge in [-0.25, -0.2) is 4.68 Å². The van der Waals surface area contributed by atoms with E-state index in [1.165, 1.54) is 16.4 Å². The molecule has 0 atom stereocenters.